The highest BCUT2D eigenvalue weighted by Crippen LogP contribution is 2.37. The first-order valence-electron chi connectivity index (χ1n) is 5.51. The quantitative estimate of drug-likeness (QED) is 0.585. The minimum absolute atomic E-state index is 0.587. The van der Waals surface area contributed by atoms with Crippen LogP contribution in [0.3, 0.4) is 0 Å². The van der Waals surface area contributed by atoms with E-state index in [1.54, 1.807) is 0 Å². The first-order chi connectivity index (χ1) is 5.90. The van der Waals surface area contributed by atoms with Crippen molar-refractivity contribution in [1.82, 2.24) is 0 Å². The van der Waals surface area contributed by atoms with Gasteiger partial charge in [0.25, 0.3) is 0 Å². The van der Waals surface area contributed by atoms with E-state index in [2.05, 4.69) is 6.92 Å². The Morgan fingerprint density at radius 2 is 1.92 bits per heavy atom. The van der Waals surface area contributed by atoms with Gasteiger partial charge in [-0.2, -0.15) is 0 Å². The Balaban J connectivity index is 1.90. The summed E-state index contributed by atoms with van der Waals surface area (Å²) < 4.78 is 5.80. The van der Waals surface area contributed by atoms with Gasteiger partial charge in [-0.25, -0.2) is 0 Å². The van der Waals surface area contributed by atoms with E-state index in [0.717, 1.165) is 18.4 Å². The van der Waals surface area contributed by atoms with E-state index in [0.29, 0.717) is 6.10 Å². The van der Waals surface area contributed by atoms with Gasteiger partial charge >= 0.3 is 0 Å². The third-order valence-electron chi connectivity index (χ3n) is 3.63. The summed E-state index contributed by atoms with van der Waals surface area (Å²) in [5, 5.41) is 0. The van der Waals surface area contributed by atoms with Crippen molar-refractivity contribution in [1.29, 1.82) is 0 Å². The predicted octanol–water partition coefficient (Wildman–Crippen LogP) is 2.99. The zero-order chi connectivity index (χ0) is 8.39. The molecule has 70 valence electrons. The molecule has 1 nitrogen and oxygen atoms in total. The average Bonchev–Trinajstić information content (AvgIpc) is 2.17. The Bertz CT molecular complexity index is 144. The molecule has 0 amide bonds. The minimum Gasteiger partial charge on any atom is -0.378 e. The molecule has 0 radical (unpaired) electrons. The minimum atomic E-state index is 0.587. The SMILES string of the molecule is CCC1CC2CCCCC2CO1. The summed E-state index contributed by atoms with van der Waals surface area (Å²) in [4.78, 5) is 0. The number of hydrogen-bond donors (Lipinski definition) is 0. The third-order valence-corrected chi connectivity index (χ3v) is 3.63. The Morgan fingerprint density at radius 1 is 1.17 bits per heavy atom. The molecular weight excluding hydrogens is 148 g/mol. The van der Waals surface area contributed by atoms with Gasteiger partial charge in [0.1, 0.15) is 0 Å². The fourth-order valence-corrected chi connectivity index (χ4v) is 2.76. The van der Waals surface area contributed by atoms with Gasteiger partial charge < -0.3 is 4.74 Å². The zero-order valence-electron chi connectivity index (χ0n) is 8.09. The maximum Gasteiger partial charge on any atom is 0.0575 e. The van der Waals surface area contributed by atoms with Crippen LogP contribution < -0.4 is 0 Å². The van der Waals surface area contributed by atoms with Gasteiger partial charge in [-0.1, -0.05) is 26.2 Å². The summed E-state index contributed by atoms with van der Waals surface area (Å²) in [6, 6.07) is 0. The van der Waals surface area contributed by atoms with Gasteiger partial charge in [0.15, 0.2) is 0 Å². The molecular formula is C11H20O. The molecule has 0 aromatic heterocycles. The van der Waals surface area contributed by atoms with Gasteiger partial charge in [0.05, 0.1) is 12.7 Å². The van der Waals surface area contributed by atoms with E-state index in [4.69, 9.17) is 4.74 Å². The van der Waals surface area contributed by atoms with E-state index in [1.807, 2.05) is 0 Å². The Kier molecular flexibility index (Phi) is 2.69. The standard InChI is InChI=1S/C11H20O/c1-2-11-7-9-5-3-4-6-10(9)8-12-11/h9-11H,2-8H2,1H3. The molecule has 3 unspecified atom stereocenters. The van der Waals surface area contributed by atoms with Crippen molar-refractivity contribution in [3.8, 4) is 0 Å². The third kappa shape index (κ3) is 1.66. The monoisotopic (exact) mass is 168 g/mol. The normalized spacial score (nSPS) is 42.2. The molecule has 0 aromatic rings. The maximum absolute atomic E-state index is 5.80. The van der Waals surface area contributed by atoms with Crippen molar-refractivity contribution in [2.45, 2.75) is 51.6 Å². The summed E-state index contributed by atoms with van der Waals surface area (Å²) in [6.45, 7) is 3.30. The van der Waals surface area contributed by atoms with Crippen LogP contribution in [0.5, 0.6) is 0 Å². The van der Waals surface area contributed by atoms with Crippen molar-refractivity contribution in [3.05, 3.63) is 0 Å². The van der Waals surface area contributed by atoms with Crippen LogP contribution in [0.15, 0.2) is 0 Å². The molecule has 12 heavy (non-hydrogen) atoms. The summed E-state index contributed by atoms with van der Waals surface area (Å²) >= 11 is 0. The largest absolute Gasteiger partial charge is 0.378 e. The second-order valence-electron chi connectivity index (χ2n) is 4.40. The Morgan fingerprint density at radius 3 is 2.67 bits per heavy atom. The van der Waals surface area contributed by atoms with Crippen LogP contribution in [-0.2, 0) is 4.74 Å². The van der Waals surface area contributed by atoms with E-state index in [-0.39, 0.29) is 0 Å². The average molecular weight is 168 g/mol. The van der Waals surface area contributed by atoms with Gasteiger partial charge in [0, 0.05) is 0 Å². The van der Waals surface area contributed by atoms with Crippen LogP contribution >= 0.6 is 0 Å². The molecule has 1 saturated carbocycles. The summed E-state index contributed by atoms with van der Waals surface area (Å²) in [5.41, 5.74) is 0. The van der Waals surface area contributed by atoms with Crippen LogP contribution in [0, 0.1) is 11.8 Å². The second kappa shape index (κ2) is 3.78. The van der Waals surface area contributed by atoms with Crippen LogP contribution in [0.1, 0.15) is 45.4 Å². The highest BCUT2D eigenvalue weighted by atomic mass is 16.5. The first kappa shape index (κ1) is 8.55. The highest BCUT2D eigenvalue weighted by molar-refractivity contribution is 4.81. The Hall–Kier alpha value is -0.0400. The predicted molar refractivity (Wildman–Crippen MR) is 50.1 cm³/mol. The summed E-state index contributed by atoms with van der Waals surface area (Å²) in [7, 11) is 0. The lowest BCUT2D eigenvalue weighted by atomic mass is 9.75. The zero-order valence-corrected chi connectivity index (χ0v) is 8.09. The molecule has 2 fully saturated rings. The lowest BCUT2D eigenvalue weighted by Crippen LogP contribution is -2.35. The molecule has 0 aromatic carbocycles. The fourth-order valence-electron chi connectivity index (χ4n) is 2.76. The molecule has 2 aliphatic rings. The van der Waals surface area contributed by atoms with Crippen LogP contribution in [0.25, 0.3) is 0 Å². The van der Waals surface area contributed by atoms with Gasteiger partial charge in [-0.3, -0.25) is 0 Å². The lowest BCUT2D eigenvalue weighted by Gasteiger charge is -2.39. The molecule has 1 heteroatoms. The molecule has 1 aliphatic heterocycles. The molecule has 1 heterocycles. The number of fused-ring (bicyclic) bond motifs is 1. The van der Waals surface area contributed by atoms with E-state index in [9.17, 15) is 0 Å². The van der Waals surface area contributed by atoms with Crippen molar-refractivity contribution in [2.75, 3.05) is 6.61 Å². The molecule has 3 atom stereocenters. The second-order valence-corrected chi connectivity index (χ2v) is 4.40. The summed E-state index contributed by atoms with van der Waals surface area (Å²) in [6.07, 6.45) is 8.97. The molecule has 0 spiro atoms. The number of ether oxygens (including phenoxy) is 1. The van der Waals surface area contributed by atoms with Gasteiger partial charge in [0.2, 0.25) is 0 Å². The van der Waals surface area contributed by atoms with Crippen molar-refractivity contribution < 1.29 is 4.74 Å². The van der Waals surface area contributed by atoms with Crippen molar-refractivity contribution >= 4 is 0 Å². The Labute approximate surface area is 75.5 Å². The van der Waals surface area contributed by atoms with Gasteiger partial charge in [-0.05, 0) is 31.1 Å². The molecule has 1 saturated heterocycles. The molecule has 0 bridgehead atoms. The van der Waals surface area contributed by atoms with Crippen LogP contribution in [0.2, 0.25) is 0 Å². The van der Waals surface area contributed by atoms with E-state index < -0.39 is 0 Å². The smallest absolute Gasteiger partial charge is 0.0575 e. The first-order valence-corrected chi connectivity index (χ1v) is 5.51. The highest BCUT2D eigenvalue weighted by Gasteiger charge is 2.31. The van der Waals surface area contributed by atoms with Crippen LogP contribution in [-0.4, -0.2) is 12.7 Å². The van der Waals surface area contributed by atoms with Crippen molar-refractivity contribution in [3.63, 3.8) is 0 Å². The topological polar surface area (TPSA) is 9.23 Å². The van der Waals surface area contributed by atoms with Gasteiger partial charge in [-0.15, -0.1) is 0 Å². The van der Waals surface area contributed by atoms with E-state index in [1.165, 1.54) is 38.5 Å². The van der Waals surface area contributed by atoms with Crippen molar-refractivity contribution in [2.24, 2.45) is 11.8 Å². The molecule has 2 rings (SSSR count). The lowest BCUT2D eigenvalue weighted by molar-refractivity contribution is -0.0603. The van der Waals surface area contributed by atoms with E-state index >= 15 is 0 Å². The maximum atomic E-state index is 5.80. The molecule has 1 aliphatic carbocycles. The fraction of sp³-hybridized carbons (Fsp3) is 1.00. The number of rotatable bonds is 1. The number of hydrogen-bond acceptors (Lipinski definition) is 1. The summed E-state index contributed by atoms with van der Waals surface area (Å²) in [5.74, 6) is 1.93. The molecule has 0 N–H and O–H groups in total. The van der Waals surface area contributed by atoms with Crippen LogP contribution in [0.4, 0.5) is 0 Å².